The van der Waals surface area contributed by atoms with E-state index in [0.717, 1.165) is 25.8 Å². The minimum atomic E-state index is -3.57. The maximum absolute atomic E-state index is 12.2. The van der Waals surface area contributed by atoms with Crippen molar-refractivity contribution in [3.63, 3.8) is 0 Å². The Bertz CT molecular complexity index is 650. The Labute approximate surface area is 112 Å². The molecule has 0 bridgehead atoms. The molecule has 7 heteroatoms. The van der Waals surface area contributed by atoms with Crippen LogP contribution in [0.2, 0.25) is 0 Å². The highest BCUT2D eigenvalue weighted by Crippen LogP contribution is 2.31. The van der Waals surface area contributed by atoms with E-state index in [9.17, 15) is 8.42 Å². The van der Waals surface area contributed by atoms with E-state index in [-0.39, 0.29) is 16.5 Å². The number of anilines is 1. The second-order valence-corrected chi connectivity index (χ2v) is 6.59. The lowest BCUT2D eigenvalue weighted by Gasteiger charge is -2.35. The van der Waals surface area contributed by atoms with Gasteiger partial charge in [-0.2, -0.15) is 5.26 Å². The summed E-state index contributed by atoms with van der Waals surface area (Å²) in [7, 11) is -3.57. The van der Waals surface area contributed by atoms with Gasteiger partial charge in [0.05, 0.1) is 5.56 Å². The Morgan fingerprint density at radius 3 is 3.11 bits per heavy atom. The van der Waals surface area contributed by atoms with Gasteiger partial charge in [0.15, 0.2) is 0 Å². The lowest BCUT2D eigenvalue weighted by molar-refractivity contribution is 0.454. The smallest absolute Gasteiger partial charge is 0.244 e. The Balaban J connectivity index is 2.18. The van der Waals surface area contributed by atoms with Gasteiger partial charge in [-0.1, -0.05) is 0 Å². The Kier molecular flexibility index (Phi) is 2.92. The third-order valence-corrected chi connectivity index (χ3v) is 5.09. The molecule has 2 aliphatic rings. The predicted octanol–water partition coefficient (Wildman–Crippen LogP) is 0.604. The highest BCUT2D eigenvalue weighted by atomic mass is 32.2. The number of piperidine rings is 1. The molecule has 2 aliphatic heterocycles. The number of nitrogens with one attached hydrogen (secondary N) is 1. The number of hydrogen-bond acceptors (Lipinski definition) is 5. The molecule has 0 spiro atoms. The van der Waals surface area contributed by atoms with Crippen LogP contribution < -0.4 is 9.62 Å². The van der Waals surface area contributed by atoms with Crippen LogP contribution in [0.4, 0.5) is 5.82 Å². The number of rotatable bonds is 0. The molecule has 1 N–H and O–H groups in total. The molecule has 100 valence electrons. The standard InChI is InChI=1S/C12H14N4O2S/c13-6-9-5-11-12(14-7-9)16-4-2-1-3-10(16)8-15-19(11,17)18/h5,7,10,15H,1-4,8H2/t10-/m0/s1. The normalized spacial score (nSPS) is 24.8. The van der Waals surface area contributed by atoms with E-state index in [4.69, 9.17) is 5.26 Å². The van der Waals surface area contributed by atoms with Gasteiger partial charge >= 0.3 is 0 Å². The Morgan fingerprint density at radius 1 is 1.47 bits per heavy atom. The molecule has 1 atom stereocenters. The van der Waals surface area contributed by atoms with Crippen LogP contribution in [0.5, 0.6) is 0 Å². The second kappa shape index (κ2) is 4.47. The first-order valence-electron chi connectivity index (χ1n) is 6.28. The topological polar surface area (TPSA) is 86.1 Å². The average Bonchev–Trinajstić information content (AvgIpc) is 2.55. The van der Waals surface area contributed by atoms with E-state index in [1.165, 1.54) is 12.3 Å². The third kappa shape index (κ3) is 2.07. The molecular formula is C12H14N4O2S. The summed E-state index contributed by atoms with van der Waals surface area (Å²) in [6, 6.07) is 3.50. The van der Waals surface area contributed by atoms with Crippen LogP contribution in [-0.4, -0.2) is 32.5 Å². The Morgan fingerprint density at radius 2 is 2.32 bits per heavy atom. The van der Waals surface area contributed by atoms with Crippen molar-refractivity contribution in [2.45, 2.75) is 30.2 Å². The molecular weight excluding hydrogens is 264 g/mol. The molecule has 0 unspecified atom stereocenters. The summed E-state index contributed by atoms with van der Waals surface area (Å²) in [6.07, 6.45) is 4.54. The zero-order valence-corrected chi connectivity index (χ0v) is 11.2. The lowest BCUT2D eigenvalue weighted by Crippen LogP contribution is -2.44. The molecule has 1 saturated heterocycles. The minimum Gasteiger partial charge on any atom is -0.351 e. The van der Waals surface area contributed by atoms with Crippen LogP contribution >= 0.6 is 0 Å². The van der Waals surface area contributed by atoms with Crippen molar-refractivity contribution in [1.82, 2.24) is 9.71 Å². The molecule has 1 fully saturated rings. The van der Waals surface area contributed by atoms with Gasteiger partial charge in [-0.3, -0.25) is 0 Å². The van der Waals surface area contributed by atoms with Crippen LogP contribution in [0.1, 0.15) is 24.8 Å². The fourth-order valence-electron chi connectivity index (χ4n) is 2.69. The van der Waals surface area contributed by atoms with Gasteiger partial charge in [-0.25, -0.2) is 18.1 Å². The molecule has 0 aliphatic carbocycles. The first-order valence-corrected chi connectivity index (χ1v) is 7.76. The monoisotopic (exact) mass is 278 g/mol. The molecule has 6 nitrogen and oxygen atoms in total. The van der Waals surface area contributed by atoms with E-state index in [0.29, 0.717) is 12.4 Å². The van der Waals surface area contributed by atoms with Crippen LogP contribution in [0.3, 0.4) is 0 Å². The number of fused-ring (bicyclic) bond motifs is 3. The quantitative estimate of drug-likeness (QED) is 0.751. The summed E-state index contributed by atoms with van der Waals surface area (Å²) in [6.45, 7) is 1.22. The fraction of sp³-hybridized carbons (Fsp3) is 0.500. The zero-order valence-electron chi connectivity index (χ0n) is 10.3. The number of pyridine rings is 1. The molecule has 3 heterocycles. The summed E-state index contributed by atoms with van der Waals surface area (Å²) in [5, 5.41) is 8.89. The summed E-state index contributed by atoms with van der Waals surface area (Å²) in [5.41, 5.74) is 0.264. The molecule has 0 amide bonds. The van der Waals surface area contributed by atoms with Crippen molar-refractivity contribution in [3.8, 4) is 6.07 Å². The highest BCUT2D eigenvalue weighted by molar-refractivity contribution is 7.89. The minimum absolute atomic E-state index is 0.121. The zero-order chi connectivity index (χ0) is 13.5. The van der Waals surface area contributed by atoms with Gasteiger partial charge in [0.1, 0.15) is 16.8 Å². The molecule has 0 saturated carbocycles. The van der Waals surface area contributed by atoms with Gasteiger partial charge in [0.25, 0.3) is 0 Å². The SMILES string of the molecule is N#Cc1cnc2c(c1)S(=O)(=O)NC[C@@H]1CCCCN21. The third-order valence-electron chi connectivity index (χ3n) is 3.66. The summed E-state index contributed by atoms with van der Waals surface area (Å²) < 4.78 is 27.0. The summed E-state index contributed by atoms with van der Waals surface area (Å²) in [5.74, 6) is 0.480. The molecule has 1 aromatic heterocycles. The van der Waals surface area contributed by atoms with Crippen LogP contribution in [0.25, 0.3) is 0 Å². The number of sulfonamides is 1. The van der Waals surface area contributed by atoms with E-state index in [1.54, 1.807) is 0 Å². The summed E-state index contributed by atoms with van der Waals surface area (Å²) >= 11 is 0. The Hall–Kier alpha value is -1.65. The molecule has 19 heavy (non-hydrogen) atoms. The number of aromatic nitrogens is 1. The maximum Gasteiger partial charge on any atom is 0.244 e. The number of nitriles is 1. The largest absolute Gasteiger partial charge is 0.351 e. The van der Waals surface area contributed by atoms with Crippen LogP contribution in [0.15, 0.2) is 17.2 Å². The molecule has 1 aromatic rings. The second-order valence-electron chi connectivity index (χ2n) is 4.85. The predicted molar refractivity (Wildman–Crippen MR) is 69.1 cm³/mol. The van der Waals surface area contributed by atoms with Gasteiger partial charge in [0, 0.05) is 25.3 Å². The van der Waals surface area contributed by atoms with Crippen LogP contribution in [-0.2, 0) is 10.0 Å². The van der Waals surface area contributed by atoms with E-state index in [1.807, 2.05) is 6.07 Å². The first kappa shape index (κ1) is 12.4. The van der Waals surface area contributed by atoms with Crippen LogP contribution in [0, 0.1) is 11.3 Å². The van der Waals surface area contributed by atoms with Crippen molar-refractivity contribution >= 4 is 15.8 Å². The molecule has 0 aromatic carbocycles. The number of nitrogens with zero attached hydrogens (tertiary/aromatic N) is 3. The van der Waals surface area contributed by atoms with E-state index in [2.05, 4.69) is 14.6 Å². The van der Waals surface area contributed by atoms with Gasteiger partial charge < -0.3 is 4.90 Å². The highest BCUT2D eigenvalue weighted by Gasteiger charge is 2.34. The van der Waals surface area contributed by atoms with Gasteiger partial charge in [-0.15, -0.1) is 0 Å². The first-order chi connectivity index (χ1) is 9.12. The van der Waals surface area contributed by atoms with Gasteiger partial charge in [0.2, 0.25) is 10.0 Å². The van der Waals surface area contributed by atoms with E-state index < -0.39 is 10.0 Å². The van der Waals surface area contributed by atoms with Crippen molar-refractivity contribution in [3.05, 3.63) is 17.8 Å². The van der Waals surface area contributed by atoms with E-state index >= 15 is 0 Å². The number of hydrogen-bond donors (Lipinski definition) is 1. The van der Waals surface area contributed by atoms with Gasteiger partial charge in [-0.05, 0) is 25.3 Å². The molecule has 0 radical (unpaired) electrons. The summed E-state index contributed by atoms with van der Waals surface area (Å²) in [4.78, 5) is 6.39. The van der Waals surface area contributed by atoms with Crippen molar-refractivity contribution < 1.29 is 8.42 Å². The van der Waals surface area contributed by atoms with Crippen molar-refractivity contribution in [2.75, 3.05) is 18.0 Å². The van der Waals surface area contributed by atoms with Crippen molar-refractivity contribution in [1.29, 1.82) is 5.26 Å². The maximum atomic E-state index is 12.2. The fourth-order valence-corrected chi connectivity index (χ4v) is 3.95. The lowest BCUT2D eigenvalue weighted by atomic mass is 10.0. The molecule has 3 rings (SSSR count). The average molecular weight is 278 g/mol. The van der Waals surface area contributed by atoms with Crippen molar-refractivity contribution in [2.24, 2.45) is 0 Å².